The summed E-state index contributed by atoms with van der Waals surface area (Å²) in [6, 6.07) is 8.04. The number of rotatable bonds is 7. The fraction of sp³-hybridized carbons (Fsp3) is 0.412. The molecule has 0 aromatic heterocycles. The van der Waals surface area contributed by atoms with Gasteiger partial charge < -0.3 is 9.64 Å². The number of nitrogens with zero attached hydrogens (tertiary/aromatic N) is 1. The van der Waals surface area contributed by atoms with Crippen LogP contribution in [-0.4, -0.2) is 36.5 Å². The van der Waals surface area contributed by atoms with E-state index < -0.39 is 0 Å². The second-order valence-corrected chi connectivity index (χ2v) is 4.59. The van der Waals surface area contributed by atoms with E-state index in [1.807, 2.05) is 31.2 Å². The fourth-order valence-electron chi connectivity index (χ4n) is 1.85. The van der Waals surface area contributed by atoms with Crippen LogP contribution in [0.5, 0.6) is 0 Å². The van der Waals surface area contributed by atoms with Crippen LogP contribution in [0, 0.1) is 0 Å². The van der Waals surface area contributed by atoms with Gasteiger partial charge in [-0.3, -0.25) is 9.59 Å². The first-order valence-corrected chi connectivity index (χ1v) is 7.32. The lowest BCUT2D eigenvalue weighted by atomic mass is 10.1. The molecule has 1 rings (SSSR count). The fourth-order valence-corrected chi connectivity index (χ4v) is 1.85. The third-order valence-electron chi connectivity index (χ3n) is 3.13. The Morgan fingerprint density at radius 3 is 2.33 bits per heavy atom. The lowest BCUT2D eigenvalue weighted by Crippen LogP contribution is -2.35. The molecule has 0 spiro atoms. The highest BCUT2D eigenvalue weighted by atomic mass is 16.5. The Bertz CT molecular complexity index is 491. The van der Waals surface area contributed by atoms with Gasteiger partial charge in [-0.15, -0.1) is 0 Å². The van der Waals surface area contributed by atoms with Crippen molar-refractivity contribution >= 4 is 18.0 Å². The molecule has 0 aliphatic heterocycles. The second-order valence-electron chi connectivity index (χ2n) is 4.59. The molecular formula is C17H23NO3. The zero-order valence-corrected chi connectivity index (χ0v) is 13.0. The molecule has 0 unspecified atom stereocenters. The van der Waals surface area contributed by atoms with Gasteiger partial charge in [0.25, 0.3) is 0 Å². The van der Waals surface area contributed by atoms with Crippen LogP contribution in [0.3, 0.4) is 0 Å². The standard InChI is InChI=1S/C17H23NO3/c1-4-14-7-9-15(10-8-14)11-12-16(19)18(5-2)13-17(20)21-6-3/h7-12H,4-6,13H2,1-3H3/b12-11+. The van der Waals surface area contributed by atoms with Crippen molar-refractivity contribution in [2.45, 2.75) is 27.2 Å². The zero-order chi connectivity index (χ0) is 15.7. The average Bonchev–Trinajstić information content (AvgIpc) is 2.51. The molecule has 1 aromatic rings. The quantitative estimate of drug-likeness (QED) is 0.572. The van der Waals surface area contributed by atoms with Gasteiger partial charge in [0, 0.05) is 12.6 Å². The van der Waals surface area contributed by atoms with Crippen LogP contribution in [0.25, 0.3) is 6.08 Å². The van der Waals surface area contributed by atoms with Crippen molar-refractivity contribution in [2.75, 3.05) is 19.7 Å². The summed E-state index contributed by atoms with van der Waals surface area (Å²) >= 11 is 0. The van der Waals surface area contributed by atoms with E-state index in [0.29, 0.717) is 13.2 Å². The summed E-state index contributed by atoms with van der Waals surface area (Å²) in [5, 5.41) is 0. The highest BCUT2D eigenvalue weighted by molar-refractivity contribution is 5.93. The number of carbonyl (C=O) groups is 2. The molecule has 21 heavy (non-hydrogen) atoms. The van der Waals surface area contributed by atoms with Gasteiger partial charge >= 0.3 is 5.97 Å². The number of aryl methyl sites for hydroxylation is 1. The SMILES string of the molecule is CCOC(=O)CN(CC)C(=O)/C=C/c1ccc(CC)cc1. The molecule has 0 saturated heterocycles. The lowest BCUT2D eigenvalue weighted by molar-refractivity contribution is -0.147. The maximum Gasteiger partial charge on any atom is 0.325 e. The molecule has 0 radical (unpaired) electrons. The Balaban J connectivity index is 2.63. The average molecular weight is 289 g/mol. The van der Waals surface area contributed by atoms with Crippen molar-refractivity contribution < 1.29 is 14.3 Å². The van der Waals surface area contributed by atoms with Gasteiger partial charge in [0.2, 0.25) is 5.91 Å². The molecule has 114 valence electrons. The predicted molar refractivity (Wildman–Crippen MR) is 83.7 cm³/mol. The lowest BCUT2D eigenvalue weighted by Gasteiger charge is -2.17. The van der Waals surface area contributed by atoms with Crippen LogP contribution in [0.4, 0.5) is 0 Å². The van der Waals surface area contributed by atoms with Crippen molar-refractivity contribution in [3.63, 3.8) is 0 Å². The molecule has 0 heterocycles. The molecule has 4 nitrogen and oxygen atoms in total. The molecule has 0 atom stereocenters. The zero-order valence-electron chi connectivity index (χ0n) is 13.0. The maximum absolute atomic E-state index is 12.0. The summed E-state index contributed by atoms with van der Waals surface area (Å²) in [6.45, 7) is 6.46. The molecule has 0 saturated carbocycles. The smallest absolute Gasteiger partial charge is 0.325 e. The normalized spacial score (nSPS) is 10.6. The van der Waals surface area contributed by atoms with E-state index in [9.17, 15) is 9.59 Å². The first-order valence-electron chi connectivity index (χ1n) is 7.32. The van der Waals surface area contributed by atoms with Crippen LogP contribution in [0.1, 0.15) is 31.9 Å². The summed E-state index contributed by atoms with van der Waals surface area (Å²) in [7, 11) is 0. The van der Waals surface area contributed by atoms with Crippen LogP contribution >= 0.6 is 0 Å². The van der Waals surface area contributed by atoms with Crippen LogP contribution in [0.15, 0.2) is 30.3 Å². The van der Waals surface area contributed by atoms with Crippen molar-refractivity contribution in [2.24, 2.45) is 0 Å². The Morgan fingerprint density at radius 2 is 1.81 bits per heavy atom. The van der Waals surface area contributed by atoms with Crippen molar-refractivity contribution in [1.82, 2.24) is 4.90 Å². The van der Waals surface area contributed by atoms with Gasteiger partial charge in [-0.1, -0.05) is 31.2 Å². The minimum absolute atomic E-state index is 0.0116. The van der Waals surface area contributed by atoms with E-state index in [0.717, 1.165) is 12.0 Å². The summed E-state index contributed by atoms with van der Waals surface area (Å²) in [5.41, 5.74) is 2.23. The van der Waals surface area contributed by atoms with Gasteiger partial charge in [-0.05, 0) is 37.5 Å². The van der Waals surface area contributed by atoms with E-state index in [4.69, 9.17) is 4.74 Å². The molecule has 0 bridgehead atoms. The molecular weight excluding hydrogens is 266 g/mol. The summed E-state index contributed by atoms with van der Waals surface area (Å²) < 4.78 is 4.86. The molecule has 1 amide bonds. The Labute approximate surface area is 126 Å². The molecule has 0 N–H and O–H groups in total. The number of carbonyl (C=O) groups excluding carboxylic acids is 2. The minimum Gasteiger partial charge on any atom is -0.465 e. The third-order valence-corrected chi connectivity index (χ3v) is 3.13. The van der Waals surface area contributed by atoms with Crippen molar-refractivity contribution in [3.8, 4) is 0 Å². The molecule has 0 fully saturated rings. The van der Waals surface area contributed by atoms with E-state index in [-0.39, 0.29) is 18.4 Å². The molecule has 1 aromatic carbocycles. The number of amides is 1. The third kappa shape index (κ3) is 5.81. The number of esters is 1. The monoisotopic (exact) mass is 289 g/mol. The summed E-state index contributed by atoms with van der Waals surface area (Å²) in [4.78, 5) is 24.9. The van der Waals surface area contributed by atoms with Crippen molar-refractivity contribution in [3.05, 3.63) is 41.5 Å². The van der Waals surface area contributed by atoms with Crippen LogP contribution < -0.4 is 0 Å². The van der Waals surface area contributed by atoms with Gasteiger partial charge in [0.1, 0.15) is 6.54 Å². The first kappa shape index (κ1) is 17.0. The first-order chi connectivity index (χ1) is 10.1. The number of benzene rings is 1. The Hall–Kier alpha value is -2.10. The Morgan fingerprint density at radius 1 is 1.14 bits per heavy atom. The van der Waals surface area contributed by atoms with Gasteiger partial charge in [-0.2, -0.15) is 0 Å². The highest BCUT2D eigenvalue weighted by Gasteiger charge is 2.13. The van der Waals surface area contributed by atoms with Crippen molar-refractivity contribution in [1.29, 1.82) is 0 Å². The highest BCUT2D eigenvalue weighted by Crippen LogP contribution is 2.07. The van der Waals surface area contributed by atoms with Crippen LogP contribution in [0.2, 0.25) is 0 Å². The van der Waals surface area contributed by atoms with Gasteiger partial charge in [-0.25, -0.2) is 0 Å². The van der Waals surface area contributed by atoms with Gasteiger partial charge in [0.05, 0.1) is 6.61 Å². The Kier molecular flexibility index (Phi) is 7.23. The van der Waals surface area contributed by atoms with Gasteiger partial charge in [0.15, 0.2) is 0 Å². The number of hydrogen-bond donors (Lipinski definition) is 0. The number of likely N-dealkylation sites (N-methyl/N-ethyl adjacent to an activating group) is 1. The van der Waals surface area contributed by atoms with E-state index in [1.165, 1.54) is 16.5 Å². The van der Waals surface area contributed by atoms with Crippen LogP contribution in [-0.2, 0) is 20.7 Å². The van der Waals surface area contributed by atoms with E-state index in [1.54, 1.807) is 13.0 Å². The minimum atomic E-state index is -0.381. The molecule has 0 aliphatic rings. The topological polar surface area (TPSA) is 46.6 Å². The number of hydrogen-bond acceptors (Lipinski definition) is 3. The maximum atomic E-state index is 12.0. The number of ether oxygens (including phenoxy) is 1. The summed E-state index contributed by atoms with van der Waals surface area (Å²) in [6.07, 6.45) is 4.24. The summed E-state index contributed by atoms with van der Waals surface area (Å²) in [5.74, 6) is -0.571. The molecule has 0 aliphatic carbocycles. The predicted octanol–water partition coefficient (Wildman–Crippen LogP) is 2.67. The molecule has 4 heteroatoms. The van der Waals surface area contributed by atoms with E-state index in [2.05, 4.69) is 6.92 Å². The second kappa shape index (κ2) is 8.95. The van der Waals surface area contributed by atoms with E-state index >= 15 is 0 Å². The largest absolute Gasteiger partial charge is 0.465 e.